The molecule has 1 aliphatic rings. The van der Waals surface area contributed by atoms with Gasteiger partial charge in [-0.1, -0.05) is 12.1 Å². The number of amides is 1. The van der Waals surface area contributed by atoms with Gasteiger partial charge in [-0.25, -0.2) is 9.37 Å². The summed E-state index contributed by atoms with van der Waals surface area (Å²) in [5.41, 5.74) is 0.702. The molecule has 5 heteroatoms. The van der Waals surface area contributed by atoms with Crippen molar-refractivity contribution < 1.29 is 9.18 Å². The van der Waals surface area contributed by atoms with Gasteiger partial charge in [0.1, 0.15) is 17.7 Å². The third-order valence-corrected chi connectivity index (χ3v) is 3.53. The molecule has 4 nitrogen and oxygen atoms in total. The summed E-state index contributed by atoms with van der Waals surface area (Å²) in [6.45, 7) is 0. The summed E-state index contributed by atoms with van der Waals surface area (Å²) in [5, 5.41) is 2.98. The minimum absolute atomic E-state index is 0.0160. The molecule has 3 rings (SSSR count). The van der Waals surface area contributed by atoms with Crippen LogP contribution in [0.4, 0.5) is 4.39 Å². The Labute approximate surface area is 116 Å². The largest absolute Gasteiger partial charge is 0.342 e. The Morgan fingerprint density at radius 3 is 2.90 bits per heavy atom. The molecule has 104 valence electrons. The van der Waals surface area contributed by atoms with Crippen LogP contribution < -0.4 is 5.32 Å². The Balaban J connectivity index is 1.94. The minimum atomic E-state index is -0.418. The maximum Gasteiger partial charge on any atom is 0.223 e. The molecule has 20 heavy (non-hydrogen) atoms. The van der Waals surface area contributed by atoms with E-state index in [1.807, 2.05) is 17.8 Å². The lowest BCUT2D eigenvalue weighted by molar-refractivity contribution is -0.122. The first kappa shape index (κ1) is 12.8. The van der Waals surface area contributed by atoms with E-state index in [1.165, 1.54) is 12.1 Å². The number of benzene rings is 1. The van der Waals surface area contributed by atoms with Gasteiger partial charge in [0, 0.05) is 25.4 Å². The van der Waals surface area contributed by atoms with Crippen LogP contribution in [0.2, 0.25) is 0 Å². The smallest absolute Gasteiger partial charge is 0.223 e. The minimum Gasteiger partial charge on any atom is -0.342 e. The molecule has 1 heterocycles. The number of rotatable bonds is 4. The fourth-order valence-electron chi connectivity index (χ4n) is 2.24. The lowest BCUT2D eigenvalue weighted by Crippen LogP contribution is -2.32. The van der Waals surface area contributed by atoms with Crippen LogP contribution in [0, 0.1) is 11.7 Å². The van der Waals surface area contributed by atoms with Crippen molar-refractivity contribution in [1.29, 1.82) is 0 Å². The van der Waals surface area contributed by atoms with Gasteiger partial charge >= 0.3 is 0 Å². The zero-order chi connectivity index (χ0) is 14.1. The highest BCUT2D eigenvalue weighted by atomic mass is 19.1. The normalized spacial score (nSPS) is 15.9. The number of imidazole rings is 1. The molecular weight excluding hydrogens is 257 g/mol. The molecule has 0 unspecified atom stereocenters. The zero-order valence-corrected chi connectivity index (χ0v) is 11.2. The first-order chi connectivity index (χ1) is 9.65. The summed E-state index contributed by atoms with van der Waals surface area (Å²) in [6, 6.07) is 5.85. The molecule has 0 radical (unpaired) electrons. The van der Waals surface area contributed by atoms with E-state index < -0.39 is 6.04 Å². The van der Waals surface area contributed by atoms with Crippen molar-refractivity contribution in [3.05, 3.63) is 53.9 Å². The molecule has 1 N–H and O–H groups in total. The van der Waals surface area contributed by atoms with Crippen molar-refractivity contribution >= 4 is 5.91 Å². The topological polar surface area (TPSA) is 46.9 Å². The van der Waals surface area contributed by atoms with Crippen LogP contribution in [0.25, 0.3) is 0 Å². The van der Waals surface area contributed by atoms with Gasteiger partial charge < -0.3 is 9.88 Å². The summed E-state index contributed by atoms with van der Waals surface area (Å²) < 4.78 is 15.3. The van der Waals surface area contributed by atoms with Crippen LogP contribution in [-0.2, 0) is 11.8 Å². The number of halogens is 1. The predicted octanol–water partition coefficient (Wildman–Crippen LogP) is 2.17. The molecule has 0 spiro atoms. The molecule has 1 fully saturated rings. The van der Waals surface area contributed by atoms with Crippen molar-refractivity contribution in [2.45, 2.75) is 18.9 Å². The first-order valence-electron chi connectivity index (χ1n) is 6.68. The van der Waals surface area contributed by atoms with E-state index >= 15 is 0 Å². The van der Waals surface area contributed by atoms with Gasteiger partial charge in [0.2, 0.25) is 5.91 Å². The van der Waals surface area contributed by atoms with Gasteiger partial charge in [-0.15, -0.1) is 0 Å². The number of carbonyl (C=O) groups is 1. The van der Waals surface area contributed by atoms with Crippen LogP contribution in [0.3, 0.4) is 0 Å². The molecule has 2 aromatic rings. The summed E-state index contributed by atoms with van der Waals surface area (Å²) in [5.74, 6) is 0.501. The second kappa shape index (κ2) is 5.07. The van der Waals surface area contributed by atoms with Gasteiger partial charge in [0.15, 0.2) is 0 Å². The third-order valence-electron chi connectivity index (χ3n) is 3.53. The number of nitrogens with zero attached hydrogens (tertiary/aromatic N) is 2. The molecule has 0 saturated heterocycles. The van der Waals surface area contributed by atoms with E-state index in [-0.39, 0.29) is 17.6 Å². The van der Waals surface area contributed by atoms with Crippen LogP contribution >= 0.6 is 0 Å². The number of carbonyl (C=O) groups excluding carboxylic acids is 1. The van der Waals surface area contributed by atoms with E-state index in [1.54, 1.807) is 18.3 Å². The number of hydrogen-bond donors (Lipinski definition) is 1. The highest BCUT2D eigenvalue weighted by Crippen LogP contribution is 2.31. The van der Waals surface area contributed by atoms with E-state index in [4.69, 9.17) is 0 Å². The monoisotopic (exact) mass is 273 g/mol. The van der Waals surface area contributed by atoms with E-state index in [9.17, 15) is 9.18 Å². The lowest BCUT2D eigenvalue weighted by Gasteiger charge is -2.19. The highest BCUT2D eigenvalue weighted by Gasteiger charge is 2.32. The molecule has 1 saturated carbocycles. The van der Waals surface area contributed by atoms with Crippen molar-refractivity contribution in [3.8, 4) is 0 Å². The zero-order valence-electron chi connectivity index (χ0n) is 11.2. The molecule has 0 bridgehead atoms. The summed E-state index contributed by atoms with van der Waals surface area (Å²) in [4.78, 5) is 16.3. The maximum atomic E-state index is 13.4. The molecule has 1 aliphatic carbocycles. The molecular formula is C15H16FN3O. The third kappa shape index (κ3) is 2.57. The van der Waals surface area contributed by atoms with Crippen LogP contribution in [0.1, 0.15) is 30.3 Å². The van der Waals surface area contributed by atoms with Gasteiger partial charge in [-0.3, -0.25) is 4.79 Å². The van der Waals surface area contributed by atoms with Crippen molar-refractivity contribution in [1.82, 2.24) is 14.9 Å². The molecule has 0 aliphatic heterocycles. The molecule has 1 amide bonds. The van der Waals surface area contributed by atoms with E-state index in [2.05, 4.69) is 10.3 Å². The number of aromatic nitrogens is 2. The van der Waals surface area contributed by atoms with Crippen LogP contribution in [0.15, 0.2) is 36.7 Å². The first-order valence-corrected chi connectivity index (χ1v) is 6.68. The summed E-state index contributed by atoms with van der Waals surface area (Å²) in [6.07, 6.45) is 5.35. The van der Waals surface area contributed by atoms with E-state index in [0.29, 0.717) is 11.4 Å². The highest BCUT2D eigenvalue weighted by molar-refractivity contribution is 5.81. The predicted molar refractivity (Wildman–Crippen MR) is 72.3 cm³/mol. The fraction of sp³-hybridized carbons (Fsp3) is 0.333. The molecule has 1 aromatic heterocycles. The maximum absolute atomic E-state index is 13.4. The van der Waals surface area contributed by atoms with Gasteiger partial charge in [-0.05, 0) is 30.5 Å². The van der Waals surface area contributed by atoms with Crippen molar-refractivity contribution in [3.63, 3.8) is 0 Å². The standard InChI is InChI=1S/C15H16FN3O/c1-19-8-7-17-14(19)13(18-15(20)10-5-6-10)11-3-2-4-12(16)9-11/h2-4,7-10,13H,5-6H2,1H3,(H,18,20)/t13-/m1/s1. The SMILES string of the molecule is Cn1ccnc1[C@H](NC(=O)C1CC1)c1cccc(F)c1. The molecule has 1 aromatic carbocycles. The number of aryl methyl sites for hydroxylation is 1. The number of nitrogens with one attached hydrogen (secondary N) is 1. The van der Waals surface area contributed by atoms with Crippen LogP contribution in [-0.4, -0.2) is 15.5 Å². The Kier molecular flexibility index (Phi) is 3.26. The van der Waals surface area contributed by atoms with Crippen molar-refractivity contribution in [2.75, 3.05) is 0 Å². The Morgan fingerprint density at radius 1 is 1.50 bits per heavy atom. The average molecular weight is 273 g/mol. The second-order valence-corrected chi connectivity index (χ2v) is 5.17. The van der Waals surface area contributed by atoms with Crippen molar-refractivity contribution in [2.24, 2.45) is 13.0 Å². The van der Waals surface area contributed by atoms with E-state index in [0.717, 1.165) is 12.8 Å². The van der Waals surface area contributed by atoms with Crippen LogP contribution in [0.5, 0.6) is 0 Å². The van der Waals surface area contributed by atoms with Gasteiger partial charge in [-0.2, -0.15) is 0 Å². The summed E-state index contributed by atoms with van der Waals surface area (Å²) in [7, 11) is 1.86. The Morgan fingerprint density at radius 2 is 2.30 bits per heavy atom. The quantitative estimate of drug-likeness (QED) is 0.928. The summed E-state index contributed by atoms with van der Waals surface area (Å²) >= 11 is 0. The molecule has 1 atom stereocenters. The van der Waals surface area contributed by atoms with Gasteiger partial charge in [0.25, 0.3) is 0 Å². The van der Waals surface area contributed by atoms with Gasteiger partial charge in [0.05, 0.1) is 0 Å². The Hall–Kier alpha value is -2.17. The Bertz CT molecular complexity index is 634. The number of hydrogen-bond acceptors (Lipinski definition) is 2. The second-order valence-electron chi connectivity index (χ2n) is 5.17. The lowest BCUT2D eigenvalue weighted by atomic mass is 10.1. The average Bonchev–Trinajstić information content (AvgIpc) is 3.19. The fourth-order valence-corrected chi connectivity index (χ4v) is 2.24.